The van der Waals surface area contributed by atoms with Gasteiger partial charge in [0.2, 0.25) is 12.2 Å². The number of carbonyl (C=O) groups is 8. The first-order chi connectivity index (χ1) is 20.6. The van der Waals surface area contributed by atoms with E-state index in [2.05, 4.69) is 10.6 Å². The van der Waals surface area contributed by atoms with E-state index in [4.69, 9.17) is 18.9 Å². The number of anilines is 2. The van der Waals surface area contributed by atoms with Crippen LogP contribution in [0.25, 0.3) is 0 Å². The highest BCUT2D eigenvalue weighted by Crippen LogP contribution is 2.23. The van der Waals surface area contributed by atoms with Gasteiger partial charge in [-0.05, 0) is 62.4 Å². The second-order valence-corrected chi connectivity index (χ2v) is 9.45. The Bertz CT molecular complexity index is 1320. The summed E-state index contributed by atoms with van der Waals surface area (Å²) < 4.78 is 20.9. The quantitative estimate of drug-likeness (QED) is 0.191. The predicted molar refractivity (Wildman–Crippen MR) is 152 cm³/mol. The van der Waals surface area contributed by atoms with Crippen LogP contribution in [-0.2, 0) is 47.7 Å². The van der Waals surface area contributed by atoms with E-state index in [1.807, 2.05) is 0 Å². The number of nitrogens with one attached hydrogen (secondary N) is 2. The molecule has 0 aromatic heterocycles. The van der Waals surface area contributed by atoms with Crippen molar-refractivity contribution in [3.63, 3.8) is 0 Å². The van der Waals surface area contributed by atoms with E-state index in [1.165, 1.54) is 62.4 Å². The summed E-state index contributed by atoms with van der Waals surface area (Å²) in [6.07, 6.45) is -8.14. The van der Waals surface area contributed by atoms with Crippen molar-refractivity contribution in [1.82, 2.24) is 0 Å². The molecule has 0 saturated heterocycles. The van der Waals surface area contributed by atoms with Crippen LogP contribution in [0.5, 0.6) is 0 Å². The fourth-order valence-electron chi connectivity index (χ4n) is 3.89. The molecule has 234 valence electrons. The highest BCUT2D eigenvalue weighted by Gasteiger charge is 2.49. The van der Waals surface area contributed by atoms with Crippen LogP contribution >= 0.6 is 0 Å². The van der Waals surface area contributed by atoms with E-state index in [1.54, 1.807) is 0 Å². The van der Waals surface area contributed by atoms with Gasteiger partial charge in [-0.1, -0.05) is 0 Å². The van der Waals surface area contributed by atoms with Gasteiger partial charge in [0, 0.05) is 50.2 Å². The van der Waals surface area contributed by atoms with Crippen molar-refractivity contribution >= 4 is 58.6 Å². The maximum Gasteiger partial charge on any atom is 0.303 e. The van der Waals surface area contributed by atoms with Crippen molar-refractivity contribution in [2.24, 2.45) is 0 Å². The summed E-state index contributed by atoms with van der Waals surface area (Å²) in [5.74, 6) is -6.74. The van der Waals surface area contributed by atoms with Gasteiger partial charge in [0.05, 0.1) is 0 Å². The maximum absolute atomic E-state index is 13.4. The molecule has 2 rings (SSSR count). The van der Waals surface area contributed by atoms with Gasteiger partial charge in [0.25, 0.3) is 11.8 Å². The molecule has 14 nitrogen and oxygen atoms in total. The van der Waals surface area contributed by atoms with Crippen LogP contribution in [0.1, 0.15) is 62.3 Å². The Balaban J connectivity index is 2.58. The third-order valence-corrected chi connectivity index (χ3v) is 5.75. The fourth-order valence-corrected chi connectivity index (χ4v) is 3.89. The Labute approximate surface area is 252 Å². The van der Waals surface area contributed by atoms with Crippen LogP contribution in [0.3, 0.4) is 0 Å². The summed E-state index contributed by atoms with van der Waals surface area (Å²) in [5, 5.41) is 4.89. The Hall–Kier alpha value is -5.40. The summed E-state index contributed by atoms with van der Waals surface area (Å²) in [7, 11) is 0. The molecule has 2 amide bonds. The topological polar surface area (TPSA) is 198 Å². The lowest BCUT2D eigenvalue weighted by molar-refractivity contribution is -0.198. The molecule has 14 heteroatoms. The molecule has 2 N–H and O–H groups in total. The van der Waals surface area contributed by atoms with Crippen LogP contribution < -0.4 is 10.6 Å². The van der Waals surface area contributed by atoms with Crippen molar-refractivity contribution in [3.8, 4) is 0 Å². The number of hydrogen-bond donors (Lipinski definition) is 2. The standard InChI is InChI=1S/C30H32N2O12/c1-15(33)21-7-11-23(12-8-21)31-29(39)27(43-19(5)37)25(41-17(3)35)26(42-18(4)36)28(44-20(6)38)30(40)32-24-13-9-22(10-14-24)16(2)34/h7-14,25-28H,1-6H3,(H,31,39)(H,32,40). The third kappa shape index (κ3) is 10.5. The molecule has 4 unspecified atom stereocenters. The summed E-state index contributed by atoms with van der Waals surface area (Å²) >= 11 is 0. The van der Waals surface area contributed by atoms with Gasteiger partial charge < -0.3 is 29.6 Å². The molecule has 2 aromatic carbocycles. The first-order valence-electron chi connectivity index (χ1n) is 13.1. The third-order valence-electron chi connectivity index (χ3n) is 5.75. The van der Waals surface area contributed by atoms with E-state index >= 15 is 0 Å². The summed E-state index contributed by atoms with van der Waals surface area (Å²) in [4.78, 5) is 98.7. The first kappa shape index (κ1) is 34.8. The van der Waals surface area contributed by atoms with Crippen LogP contribution in [0.15, 0.2) is 48.5 Å². The second-order valence-electron chi connectivity index (χ2n) is 9.45. The zero-order valence-corrected chi connectivity index (χ0v) is 24.8. The van der Waals surface area contributed by atoms with E-state index in [9.17, 15) is 38.4 Å². The molecule has 4 atom stereocenters. The van der Waals surface area contributed by atoms with Crippen molar-refractivity contribution in [1.29, 1.82) is 0 Å². The number of ketones is 2. The van der Waals surface area contributed by atoms with Gasteiger partial charge >= 0.3 is 23.9 Å². The molecule has 44 heavy (non-hydrogen) atoms. The predicted octanol–water partition coefficient (Wildman–Crippen LogP) is 2.40. The number of carbonyl (C=O) groups excluding carboxylic acids is 8. The molecule has 0 radical (unpaired) electrons. The number of rotatable bonds is 13. The molecule has 0 spiro atoms. The summed E-state index contributed by atoms with van der Waals surface area (Å²) in [5.41, 5.74) is 0.980. The van der Waals surface area contributed by atoms with Crippen LogP contribution in [0.2, 0.25) is 0 Å². The minimum atomic E-state index is -2.05. The van der Waals surface area contributed by atoms with Crippen LogP contribution in [-0.4, -0.2) is 71.7 Å². The highest BCUT2D eigenvalue weighted by molar-refractivity contribution is 5.99. The van der Waals surface area contributed by atoms with Crippen LogP contribution in [0, 0.1) is 0 Å². The first-order valence-corrected chi connectivity index (χ1v) is 13.1. The Morgan fingerprint density at radius 3 is 0.955 bits per heavy atom. The zero-order valence-electron chi connectivity index (χ0n) is 24.8. The van der Waals surface area contributed by atoms with Crippen molar-refractivity contribution in [2.45, 2.75) is 66.0 Å². The lowest BCUT2D eigenvalue weighted by Crippen LogP contribution is -2.57. The van der Waals surface area contributed by atoms with E-state index < -0.39 is 60.1 Å². The van der Waals surface area contributed by atoms with Gasteiger partial charge in [-0.3, -0.25) is 38.4 Å². The smallest absolute Gasteiger partial charge is 0.303 e. The lowest BCUT2D eigenvalue weighted by Gasteiger charge is -2.34. The lowest BCUT2D eigenvalue weighted by atomic mass is 9.99. The second kappa shape index (κ2) is 15.7. The van der Waals surface area contributed by atoms with Crippen molar-refractivity contribution in [3.05, 3.63) is 59.7 Å². The SMILES string of the molecule is CC(=O)OC(C(=O)Nc1ccc(C(C)=O)cc1)C(OC(C)=O)C(OC(C)=O)C(OC(C)=O)C(=O)Nc1ccc(C(C)=O)cc1. The number of ether oxygens (including phenoxy) is 4. The molecule has 0 saturated carbocycles. The summed E-state index contributed by atoms with van der Waals surface area (Å²) in [6, 6.07) is 11.2. The Morgan fingerprint density at radius 1 is 0.455 bits per heavy atom. The van der Waals surface area contributed by atoms with Gasteiger partial charge in [0.15, 0.2) is 23.8 Å². The number of esters is 4. The minimum Gasteiger partial charge on any atom is -0.454 e. The van der Waals surface area contributed by atoms with E-state index in [0.717, 1.165) is 27.7 Å². The van der Waals surface area contributed by atoms with Gasteiger partial charge in [-0.15, -0.1) is 0 Å². The number of Topliss-reactive ketones (excluding diaryl/α,β-unsaturated/α-hetero) is 2. The Morgan fingerprint density at radius 2 is 0.727 bits per heavy atom. The highest BCUT2D eigenvalue weighted by atomic mass is 16.6. The molecule has 0 fully saturated rings. The zero-order chi connectivity index (χ0) is 33.1. The molecule has 0 heterocycles. The van der Waals surface area contributed by atoms with Crippen molar-refractivity contribution < 1.29 is 57.3 Å². The largest absolute Gasteiger partial charge is 0.454 e. The van der Waals surface area contributed by atoms with Gasteiger partial charge in [-0.25, -0.2) is 0 Å². The van der Waals surface area contributed by atoms with E-state index in [-0.39, 0.29) is 22.9 Å². The maximum atomic E-state index is 13.4. The molecule has 2 aromatic rings. The summed E-state index contributed by atoms with van der Waals surface area (Å²) in [6.45, 7) is 6.49. The van der Waals surface area contributed by atoms with Gasteiger partial charge in [0.1, 0.15) is 0 Å². The average molecular weight is 613 g/mol. The number of benzene rings is 2. The fraction of sp³-hybridized carbons (Fsp3) is 0.333. The normalized spacial score (nSPS) is 13.1. The van der Waals surface area contributed by atoms with Crippen LogP contribution in [0.4, 0.5) is 11.4 Å². The molecular weight excluding hydrogens is 580 g/mol. The number of amides is 2. The van der Waals surface area contributed by atoms with Gasteiger partial charge in [-0.2, -0.15) is 0 Å². The monoisotopic (exact) mass is 612 g/mol. The molecule has 0 bridgehead atoms. The molecule has 0 aliphatic carbocycles. The molecule has 0 aliphatic rings. The average Bonchev–Trinajstić information content (AvgIpc) is 2.92. The number of hydrogen-bond acceptors (Lipinski definition) is 12. The Kier molecular flexibility index (Phi) is 12.4. The molecular formula is C30H32N2O12. The minimum absolute atomic E-state index is 0.144. The van der Waals surface area contributed by atoms with Crippen molar-refractivity contribution in [2.75, 3.05) is 10.6 Å². The molecule has 0 aliphatic heterocycles. The van der Waals surface area contributed by atoms with E-state index in [0.29, 0.717) is 11.1 Å².